The van der Waals surface area contributed by atoms with Gasteiger partial charge in [0, 0.05) is 0 Å². The number of unbranched alkanes of at least 4 members (excludes halogenated alkanes) is 2. The van der Waals surface area contributed by atoms with E-state index in [1.807, 2.05) is 0 Å². The third-order valence-corrected chi connectivity index (χ3v) is 2.15. The molecule has 0 unspecified atom stereocenters. The van der Waals surface area contributed by atoms with Crippen molar-refractivity contribution in [3.8, 4) is 0 Å². The molecule has 0 aliphatic rings. The van der Waals surface area contributed by atoms with Gasteiger partial charge in [0.1, 0.15) is 5.82 Å². The smallest absolute Gasteiger partial charge is 0.142 e. The maximum Gasteiger partial charge on any atom is 0.142 e. The summed E-state index contributed by atoms with van der Waals surface area (Å²) in [5.74, 6) is 0.672. The van der Waals surface area contributed by atoms with Gasteiger partial charge in [-0.05, 0) is 12.8 Å². The van der Waals surface area contributed by atoms with E-state index in [0.717, 1.165) is 18.5 Å². The van der Waals surface area contributed by atoms with E-state index in [1.54, 1.807) is 6.20 Å². The summed E-state index contributed by atoms with van der Waals surface area (Å²) in [5, 5.41) is 0. The van der Waals surface area contributed by atoms with Crippen LogP contribution in [0.2, 0.25) is 0 Å². The minimum absolute atomic E-state index is 0.376. The predicted molar refractivity (Wildman–Crippen MR) is 57.6 cm³/mol. The Morgan fingerprint density at radius 2 is 2.14 bits per heavy atom. The molecule has 0 bridgehead atoms. The highest BCUT2D eigenvalue weighted by atomic mass is 14.9. The molecular formula is C10H18N4. The number of nitrogens with zero attached hydrogens (tertiary/aromatic N) is 2. The molecule has 4 N–H and O–H groups in total. The van der Waals surface area contributed by atoms with Gasteiger partial charge in [0.05, 0.1) is 24.1 Å². The van der Waals surface area contributed by atoms with E-state index in [1.165, 1.54) is 12.8 Å². The van der Waals surface area contributed by atoms with Gasteiger partial charge in [-0.3, -0.25) is 0 Å². The molecule has 4 nitrogen and oxygen atoms in total. The van der Waals surface area contributed by atoms with Crippen molar-refractivity contribution in [2.75, 3.05) is 5.73 Å². The average molecular weight is 194 g/mol. The van der Waals surface area contributed by atoms with E-state index in [-0.39, 0.29) is 0 Å². The van der Waals surface area contributed by atoms with Gasteiger partial charge in [0.15, 0.2) is 0 Å². The van der Waals surface area contributed by atoms with Gasteiger partial charge in [-0.1, -0.05) is 19.8 Å². The lowest BCUT2D eigenvalue weighted by molar-refractivity contribution is 0.702. The quantitative estimate of drug-likeness (QED) is 0.691. The van der Waals surface area contributed by atoms with Crippen LogP contribution in [0, 0.1) is 0 Å². The molecule has 0 atom stereocenters. The first-order valence-electron chi connectivity index (χ1n) is 5.08. The van der Waals surface area contributed by atoms with Crippen molar-refractivity contribution in [1.82, 2.24) is 9.97 Å². The van der Waals surface area contributed by atoms with Crippen LogP contribution < -0.4 is 11.5 Å². The van der Waals surface area contributed by atoms with Crippen LogP contribution in [-0.2, 0) is 13.0 Å². The minimum atomic E-state index is 0.376. The van der Waals surface area contributed by atoms with Crippen LogP contribution in [0.25, 0.3) is 0 Å². The molecule has 1 aromatic heterocycles. The molecule has 14 heavy (non-hydrogen) atoms. The second-order valence-electron chi connectivity index (χ2n) is 3.35. The molecule has 1 aromatic rings. The Hall–Kier alpha value is -1.16. The zero-order valence-electron chi connectivity index (χ0n) is 8.66. The summed E-state index contributed by atoms with van der Waals surface area (Å²) in [5.41, 5.74) is 12.8. The van der Waals surface area contributed by atoms with E-state index in [0.29, 0.717) is 18.1 Å². The fourth-order valence-electron chi connectivity index (χ4n) is 1.31. The maximum absolute atomic E-state index is 5.76. The molecule has 0 fully saturated rings. The summed E-state index contributed by atoms with van der Waals surface area (Å²) in [6, 6.07) is 0. The molecule has 1 rings (SSSR count). The predicted octanol–water partition coefficient (Wildman–Crippen LogP) is 1.25. The normalized spacial score (nSPS) is 10.4. The molecule has 0 amide bonds. The number of anilines is 1. The number of hydrogen-bond acceptors (Lipinski definition) is 4. The van der Waals surface area contributed by atoms with E-state index >= 15 is 0 Å². The second-order valence-corrected chi connectivity index (χ2v) is 3.35. The lowest BCUT2D eigenvalue weighted by Crippen LogP contribution is -2.07. The van der Waals surface area contributed by atoms with E-state index < -0.39 is 0 Å². The maximum atomic E-state index is 5.76. The molecule has 0 aliphatic heterocycles. The molecule has 0 saturated carbocycles. The van der Waals surface area contributed by atoms with Gasteiger partial charge >= 0.3 is 0 Å². The number of aromatic nitrogens is 2. The van der Waals surface area contributed by atoms with E-state index in [2.05, 4.69) is 16.9 Å². The molecule has 78 valence electrons. The van der Waals surface area contributed by atoms with Gasteiger partial charge in [-0.25, -0.2) is 9.97 Å². The number of nitrogen functional groups attached to an aromatic ring is 1. The molecule has 0 aromatic carbocycles. The highest BCUT2D eigenvalue weighted by molar-refractivity contribution is 5.40. The molecule has 4 heteroatoms. The van der Waals surface area contributed by atoms with Crippen LogP contribution in [-0.4, -0.2) is 9.97 Å². The summed E-state index contributed by atoms with van der Waals surface area (Å²) in [6.07, 6.45) is 6.11. The first kappa shape index (κ1) is 10.9. The Kier molecular flexibility index (Phi) is 4.32. The Morgan fingerprint density at radius 1 is 1.36 bits per heavy atom. The van der Waals surface area contributed by atoms with E-state index in [4.69, 9.17) is 11.5 Å². The topological polar surface area (TPSA) is 77.8 Å². The highest BCUT2D eigenvalue weighted by Gasteiger charge is 2.02. The van der Waals surface area contributed by atoms with Gasteiger partial charge in [0.2, 0.25) is 0 Å². The molecule has 0 spiro atoms. The zero-order chi connectivity index (χ0) is 10.4. The van der Waals surface area contributed by atoms with Gasteiger partial charge in [-0.2, -0.15) is 0 Å². The fourth-order valence-corrected chi connectivity index (χ4v) is 1.31. The minimum Gasteiger partial charge on any atom is -0.396 e. The van der Waals surface area contributed by atoms with Crippen LogP contribution in [0.4, 0.5) is 5.69 Å². The van der Waals surface area contributed by atoms with Crippen molar-refractivity contribution in [3.05, 3.63) is 17.7 Å². The summed E-state index contributed by atoms with van der Waals surface area (Å²) in [6.45, 7) is 2.55. The van der Waals surface area contributed by atoms with Gasteiger partial charge in [0.25, 0.3) is 0 Å². The largest absolute Gasteiger partial charge is 0.396 e. The lowest BCUT2D eigenvalue weighted by Gasteiger charge is -2.05. The summed E-state index contributed by atoms with van der Waals surface area (Å²) >= 11 is 0. The fraction of sp³-hybridized carbons (Fsp3) is 0.600. The summed E-state index contributed by atoms with van der Waals surface area (Å²) < 4.78 is 0. The van der Waals surface area contributed by atoms with Crippen LogP contribution in [0.5, 0.6) is 0 Å². The molecule has 0 radical (unpaired) electrons. The molecule has 1 heterocycles. The summed E-state index contributed by atoms with van der Waals surface area (Å²) in [7, 11) is 0. The lowest BCUT2D eigenvalue weighted by atomic mass is 10.1. The van der Waals surface area contributed by atoms with Crippen LogP contribution in [0.3, 0.4) is 0 Å². The number of rotatable bonds is 5. The Balaban J connectivity index is 2.64. The first-order valence-corrected chi connectivity index (χ1v) is 5.08. The third kappa shape index (κ3) is 2.96. The van der Waals surface area contributed by atoms with Crippen molar-refractivity contribution in [3.63, 3.8) is 0 Å². The van der Waals surface area contributed by atoms with Crippen LogP contribution in [0.15, 0.2) is 6.20 Å². The summed E-state index contributed by atoms with van der Waals surface area (Å²) in [4.78, 5) is 8.33. The van der Waals surface area contributed by atoms with Crippen molar-refractivity contribution < 1.29 is 0 Å². The average Bonchev–Trinajstić information content (AvgIpc) is 2.21. The van der Waals surface area contributed by atoms with Crippen LogP contribution >= 0.6 is 0 Å². The Labute approximate surface area is 84.7 Å². The van der Waals surface area contributed by atoms with Crippen molar-refractivity contribution >= 4 is 5.69 Å². The Morgan fingerprint density at radius 3 is 2.79 bits per heavy atom. The SMILES string of the molecule is CCCCCc1nc(CN)ncc1N. The van der Waals surface area contributed by atoms with Crippen LogP contribution in [0.1, 0.15) is 37.7 Å². The van der Waals surface area contributed by atoms with Gasteiger partial charge < -0.3 is 11.5 Å². The van der Waals surface area contributed by atoms with Crippen molar-refractivity contribution in [1.29, 1.82) is 0 Å². The monoisotopic (exact) mass is 194 g/mol. The first-order chi connectivity index (χ1) is 6.77. The number of aryl methyl sites for hydroxylation is 1. The van der Waals surface area contributed by atoms with E-state index in [9.17, 15) is 0 Å². The second kappa shape index (κ2) is 5.54. The Bertz CT molecular complexity index is 285. The zero-order valence-corrected chi connectivity index (χ0v) is 8.66. The van der Waals surface area contributed by atoms with Crippen molar-refractivity contribution in [2.24, 2.45) is 5.73 Å². The van der Waals surface area contributed by atoms with Crippen molar-refractivity contribution in [2.45, 2.75) is 39.2 Å². The molecular weight excluding hydrogens is 176 g/mol. The highest BCUT2D eigenvalue weighted by Crippen LogP contribution is 2.11. The number of hydrogen-bond donors (Lipinski definition) is 2. The number of nitrogens with two attached hydrogens (primary N) is 2. The molecule has 0 saturated heterocycles. The standard InChI is InChI=1S/C10H18N4/c1-2-3-4-5-9-8(12)7-13-10(6-11)14-9/h7H,2-6,11-12H2,1H3. The molecule has 0 aliphatic carbocycles. The third-order valence-electron chi connectivity index (χ3n) is 2.15. The van der Waals surface area contributed by atoms with Gasteiger partial charge in [-0.15, -0.1) is 0 Å².